The lowest BCUT2D eigenvalue weighted by molar-refractivity contribution is 0.354. The fourth-order valence-electron chi connectivity index (χ4n) is 2.12. The minimum absolute atomic E-state index is 0.706. The summed E-state index contributed by atoms with van der Waals surface area (Å²) in [7, 11) is 7.31. The van der Waals surface area contributed by atoms with E-state index >= 15 is 0 Å². The van der Waals surface area contributed by atoms with Crippen molar-refractivity contribution >= 4 is 17.6 Å². The lowest BCUT2D eigenvalue weighted by Crippen LogP contribution is -2.07. The number of benzene rings is 2. The van der Waals surface area contributed by atoms with Crippen molar-refractivity contribution in [1.29, 1.82) is 0 Å². The van der Waals surface area contributed by atoms with Crippen molar-refractivity contribution < 1.29 is 9.47 Å². The van der Waals surface area contributed by atoms with Crippen LogP contribution in [0.3, 0.4) is 0 Å². The van der Waals surface area contributed by atoms with Gasteiger partial charge in [-0.1, -0.05) is 0 Å². The predicted octanol–water partition coefficient (Wildman–Crippen LogP) is 3.83. The largest absolute Gasteiger partial charge is 0.493 e. The van der Waals surface area contributed by atoms with Gasteiger partial charge < -0.3 is 14.4 Å². The molecule has 4 nitrogen and oxygen atoms in total. The first-order chi connectivity index (χ1) is 10.5. The quantitative estimate of drug-likeness (QED) is 0.787. The van der Waals surface area contributed by atoms with Crippen LogP contribution in [-0.2, 0) is 0 Å². The third-order valence-corrected chi connectivity index (χ3v) is 3.49. The van der Waals surface area contributed by atoms with Gasteiger partial charge >= 0.3 is 0 Å². The van der Waals surface area contributed by atoms with Gasteiger partial charge in [0.15, 0.2) is 11.5 Å². The molecule has 0 bridgehead atoms. The zero-order valence-electron chi connectivity index (χ0n) is 13.8. The summed E-state index contributed by atoms with van der Waals surface area (Å²) < 4.78 is 10.6. The van der Waals surface area contributed by atoms with Crippen molar-refractivity contribution in [3.05, 3.63) is 47.5 Å². The molecule has 0 heterocycles. The Bertz CT molecular complexity index is 662. The highest BCUT2D eigenvalue weighted by molar-refractivity contribution is 5.85. The Morgan fingerprint density at radius 1 is 0.955 bits per heavy atom. The van der Waals surface area contributed by atoms with Gasteiger partial charge in [0, 0.05) is 26.0 Å². The van der Waals surface area contributed by atoms with Gasteiger partial charge in [-0.05, 0) is 54.4 Å². The highest BCUT2D eigenvalue weighted by atomic mass is 16.5. The lowest BCUT2D eigenvalue weighted by atomic mass is 10.1. The van der Waals surface area contributed by atoms with Gasteiger partial charge in [0.2, 0.25) is 0 Å². The summed E-state index contributed by atoms with van der Waals surface area (Å²) in [6, 6.07) is 12.0. The highest BCUT2D eigenvalue weighted by Crippen LogP contribution is 2.29. The summed E-state index contributed by atoms with van der Waals surface area (Å²) in [5, 5.41) is 0. The first kappa shape index (κ1) is 15.9. The smallest absolute Gasteiger partial charge is 0.161 e. The Kier molecular flexibility index (Phi) is 5.04. The first-order valence-corrected chi connectivity index (χ1v) is 7.09. The molecule has 0 aliphatic heterocycles. The SMILES string of the molecule is COc1cc(C)c(C=Nc2ccc(N(C)C)cc2)cc1OC. The van der Waals surface area contributed by atoms with Crippen molar-refractivity contribution in [2.75, 3.05) is 33.2 Å². The van der Waals surface area contributed by atoms with E-state index < -0.39 is 0 Å². The molecule has 2 rings (SSSR count). The zero-order chi connectivity index (χ0) is 16.1. The number of anilines is 1. The maximum Gasteiger partial charge on any atom is 0.161 e. The second kappa shape index (κ2) is 6.98. The maximum absolute atomic E-state index is 5.33. The molecule has 4 heteroatoms. The molecule has 0 aromatic heterocycles. The van der Waals surface area contributed by atoms with Crippen LogP contribution in [0.1, 0.15) is 11.1 Å². The van der Waals surface area contributed by atoms with Crippen LogP contribution in [0.5, 0.6) is 11.5 Å². The van der Waals surface area contributed by atoms with Crippen molar-refractivity contribution in [3.8, 4) is 11.5 Å². The zero-order valence-corrected chi connectivity index (χ0v) is 13.8. The van der Waals surface area contributed by atoms with Crippen LogP contribution in [0.2, 0.25) is 0 Å². The average molecular weight is 298 g/mol. The molecule has 0 fully saturated rings. The first-order valence-electron chi connectivity index (χ1n) is 7.09. The van der Waals surface area contributed by atoms with Crippen LogP contribution in [-0.4, -0.2) is 34.5 Å². The van der Waals surface area contributed by atoms with Gasteiger partial charge in [-0.3, -0.25) is 4.99 Å². The molecule has 116 valence electrons. The summed E-state index contributed by atoms with van der Waals surface area (Å²) in [4.78, 5) is 6.59. The van der Waals surface area contributed by atoms with Crippen molar-refractivity contribution in [3.63, 3.8) is 0 Å². The number of aliphatic imine (C=N–C) groups is 1. The Hall–Kier alpha value is -2.49. The van der Waals surface area contributed by atoms with E-state index in [4.69, 9.17) is 9.47 Å². The molecular weight excluding hydrogens is 276 g/mol. The van der Waals surface area contributed by atoms with E-state index in [1.807, 2.05) is 63.6 Å². The second-order valence-corrected chi connectivity index (χ2v) is 5.23. The fraction of sp³-hybridized carbons (Fsp3) is 0.278. The standard InChI is InChI=1S/C18H22N2O2/c1-13-10-17(21-4)18(22-5)11-14(13)12-19-15-6-8-16(9-7-15)20(2)3/h6-12H,1-5H3. The Morgan fingerprint density at radius 2 is 1.55 bits per heavy atom. The number of hydrogen-bond donors (Lipinski definition) is 0. The van der Waals surface area contributed by atoms with E-state index in [0.29, 0.717) is 5.75 Å². The summed E-state index contributed by atoms with van der Waals surface area (Å²) >= 11 is 0. The Labute approximate surface area is 132 Å². The molecular formula is C18H22N2O2. The molecule has 0 atom stereocenters. The van der Waals surface area contributed by atoms with Crippen molar-refractivity contribution in [2.45, 2.75) is 6.92 Å². The number of aryl methyl sites for hydroxylation is 1. The summed E-state index contributed by atoms with van der Waals surface area (Å²) in [6.45, 7) is 2.03. The van der Waals surface area contributed by atoms with E-state index in [2.05, 4.69) is 9.89 Å². The molecule has 0 aliphatic rings. The monoisotopic (exact) mass is 298 g/mol. The van der Waals surface area contributed by atoms with E-state index in [9.17, 15) is 0 Å². The van der Waals surface area contributed by atoms with Gasteiger partial charge in [-0.15, -0.1) is 0 Å². The molecule has 0 aliphatic carbocycles. The Balaban J connectivity index is 2.26. The molecule has 0 unspecified atom stereocenters. The van der Waals surface area contributed by atoms with Gasteiger partial charge in [-0.2, -0.15) is 0 Å². The van der Waals surface area contributed by atoms with Gasteiger partial charge in [0.1, 0.15) is 0 Å². The fourth-order valence-corrected chi connectivity index (χ4v) is 2.12. The molecule has 0 spiro atoms. The summed E-state index contributed by atoms with van der Waals surface area (Å²) in [5.74, 6) is 1.44. The van der Waals surface area contributed by atoms with Crippen molar-refractivity contribution in [1.82, 2.24) is 0 Å². The van der Waals surface area contributed by atoms with Crippen molar-refractivity contribution in [2.24, 2.45) is 4.99 Å². The minimum atomic E-state index is 0.706. The van der Waals surface area contributed by atoms with Crippen LogP contribution in [0, 0.1) is 6.92 Å². The minimum Gasteiger partial charge on any atom is -0.493 e. The van der Waals surface area contributed by atoms with Crippen LogP contribution < -0.4 is 14.4 Å². The Morgan fingerprint density at radius 3 is 2.09 bits per heavy atom. The van der Waals surface area contributed by atoms with Gasteiger partial charge in [0.05, 0.1) is 19.9 Å². The van der Waals surface area contributed by atoms with E-state index in [1.165, 1.54) is 0 Å². The number of methoxy groups -OCH3 is 2. The van der Waals surface area contributed by atoms with Crippen LogP contribution in [0.25, 0.3) is 0 Å². The number of nitrogens with zero attached hydrogens (tertiary/aromatic N) is 2. The third-order valence-electron chi connectivity index (χ3n) is 3.49. The van der Waals surface area contributed by atoms with Crippen LogP contribution in [0.15, 0.2) is 41.4 Å². The maximum atomic E-state index is 5.33. The van der Waals surface area contributed by atoms with Gasteiger partial charge in [0.25, 0.3) is 0 Å². The molecule has 22 heavy (non-hydrogen) atoms. The molecule has 0 saturated heterocycles. The van der Waals surface area contributed by atoms with Crippen LogP contribution >= 0.6 is 0 Å². The van der Waals surface area contributed by atoms with Gasteiger partial charge in [-0.25, -0.2) is 0 Å². The van der Waals surface area contributed by atoms with E-state index in [1.54, 1.807) is 14.2 Å². The lowest BCUT2D eigenvalue weighted by Gasteiger charge is -2.12. The van der Waals surface area contributed by atoms with E-state index in [-0.39, 0.29) is 0 Å². The molecule has 0 N–H and O–H groups in total. The molecule has 2 aromatic rings. The molecule has 0 saturated carbocycles. The predicted molar refractivity (Wildman–Crippen MR) is 92.3 cm³/mol. The number of rotatable bonds is 5. The second-order valence-electron chi connectivity index (χ2n) is 5.23. The molecule has 2 aromatic carbocycles. The van der Waals surface area contributed by atoms with E-state index in [0.717, 1.165) is 28.3 Å². The molecule has 0 radical (unpaired) electrons. The average Bonchev–Trinajstić information content (AvgIpc) is 2.53. The summed E-state index contributed by atoms with van der Waals surface area (Å²) in [6.07, 6.45) is 1.85. The number of ether oxygens (including phenoxy) is 2. The highest BCUT2D eigenvalue weighted by Gasteiger charge is 2.07. The number of hydrogen-bond acceptors (Lipinski definition) is 4. The normalized spacial score (nSPS) is 10.8. The van der Waals surface area contributed by atoms with Crippen LogP contribution in [0.4, 0.5) is 11.4 Å². The topological polar surface area (TPSA) is 34.1 Å². The molecule has 0 amide bonds. The third kappa shape index (κ3) is 3.58. The summed E-state index contributed by atoms with van der Waals surface area (Å²) in [5.41, 5.74) is 4.17.